The van der Waals surface area contributed by atoms with Crippen LogP contribution in [0.4, 0.5) is 0 Å². The van der Waals surface area contributed by atoms with E-state index in [9.17, 15) is 9.90 Å². The zero-order chi connectivity index (χ0) is 14.5. The van der Waals surface area contributed by atoms with Gasteiger partial charge in [-0.2, -0.15) is 0 Å². The van der Waals surface area contributed by atoms with Crippen LogP contribution in [-0.4, -0.2) is 11.1 Å². The van der Waals surface area contributed by atoms with Crippen LogP contribution in [-0.2, 0) is 4.79 Å². The second-order valence-electron chi connectivity index (χ2n) is 6.11. The smallest absolute Gasteiger partial charge is 0.311 e. The average Bonchev–Trinajstić information content (AvgIpc) is 2.37. The maximum absolute atomic E-state index is 11.7. The zero-order valence-electron chi connectivity index (χ0n) is 12.5. The molecule has 2 nitrogen and oxygen atoms in total. The lowest BCUT2D eigenvalue weighted by atomic mass is 9.68. The van der Waals surface area contributed by atoms with Crippen LogP contribution >= 0.6 is 0 Å². The molecule has 0 fully saturated rings. The van der Waals surface area contributed by atoms with Gasteiger partial charge in [-0.1, -0.05) is 70.9 Å². The van der Waals surface area contributed by atoms with Gasteiger partial charge in [-0.15, -0.1) is 0 Å². The third kappa shape index (κ3) is 4.09. The molecule has 0 aliphatic heterocycles. The number of carbonyl (C=O) groups is 1. The Morgan fingerprint density at radius 1 is 1.26 bits per heavy atom. The van der Waals surface area contributed by atoms with E-state index < -0.39 is 11.9 Å². The lowest BCUT2D eigenvalue weighted by Gasteiger charge is -2.36. The molecule has 0 radical (unpaired) electrons. The van der Waals surface area contributed by atoms with Crippen LogP contribution in [0.15, 0.2) is 30.3 Å². The molecule has 0 aromatic heterocycles. The molecule has 0 aliphatic carbocycles. The molecule has 0 amide bonds. The summed E-state index contributed by atoms with van der Waals surface area (Å²) in [6.07, 6.45) is 3.37. The summed E-state index contributed by atoms with van der Waals surface area (Å²) in [5.74, 6) is -1.03. The van der Waals surface area contributed by atoms with Crippen LogP contribution in [0.25, 0.3) is 0 Å². The van der Waals surface area contributed by atoms with E-state index in [1.54, 1.807) is 0 Å². The summed E-state index contributed by atoms with van der Waals surface area (Å²) in [5.41, 5.74) is 0.946. The molecule has 2 heteroatoms. The molecular weight excluding hydrogens is 236 g/mol. The first kappa shape index (κ1) is 15.7. The second-order valence-corrected chi connectivity index (χ2v) is 6.11. The number of carboxylic acid groups (broad SMARTS) is 1. The largest absolute Gasteiger partial charge is 0.481 e. The summed E-state index contributed by atoms with van der Waals surface area (Å²) in [4.78, 5) is 11.7. The SMILES string of the molecule is CCCCC(C)(C)C(C)C(C(=O)O)c1ccccc1. The van der Waals surface area contributed by atoms with Crippen LogP contribution in [0.3, 0.4) is 0 Å². The minimum atomic E-state index is -0.719. The Morgan fingerprint density at radius 3 is 2.32 bits per heavy atom. The van der Waals surface area contributed by atoms with Crippen molar-refractivity contribution in [1.29, 1.82) is 0 Å². The third-order valence-electron chi connectivity index (χ3n) is 4.33. The van der Waals surface area contributed by atoms with E-state index in [1.165, 1.54) is 0 Å². The van der Waals surface area contributed by atoms with E-state index >= 15 is 0 Å². The minimum absolute atomic E-state index is 0.0366. The Hall–Kier alpha value is -1.31. The molecule has 106 valence electrons. The van der Waals surface area contributed by atoms with Crippen molar-refractivity contribution in [3.05, 3.63) is 35.9 Å². The predicted octanol–water partition coefficient (Wildman–Crippen LogP) is 4.71. The molecule has 0 heterocycles. The van der Waals surface area contributed by atoms with Crippen LogP contribution in [0.2, 0.25) is 0 Å². The van der Waals surface area contributed by atoms with Gasteiger partial charge in [-0.05, 0) is 23.3 Å². The highest BCUT2D eigenvalue weighted by atomic mass is 16.4. The van der Waals surface area contributed by atoms with Crippen LogP contribution in [0, 0.1) is 11.3 Å². The molecule has 0 saturated heterocycles. The van der Waals surface area contributed by atoms with Crippen LogP contribution in [0.5, 0.6) is 0 Å². The van der Waals surface area contributed by atoms with Crippen molar-refractivity contribution in [1.82, 2.24) is 0 Å². The molecule has 1 N–H and O–H groups in total. The Morgan fingerprint density at radius 2 is 1.84 bits per heavy atom. The molecule has 0 bridgehead atoms. The first-order valence-corrected chi connectivity index (χ1v) is 7.18. The number of benzene rings is 1. The summed E-state index contributed by atoms with van der Waals surface area (Å²) in [6, 6.07) is 9.60. The van der Waals surface area contributed by atoms with Gasteiger partial charge in [0.1, 0.15) is 0 Å². The first-order valence-electron chi connectivity index (χ1n) is 7.18. The summed E-state index contributed by atoms with van der Waals surface area (Å²) in [7, 11) is 0. The molecule has 19 heavy (non-hydrogen) atoms. The molecule has 2 atom stereocenters. The van der Waals surface area contributed by atoms with Crippen LogP contribution < -0.4 is 0 Å². The number of unbranched alkanes of at least 4 members (excludes halogenated alkanes) is 1. The quantitative estimate of drug-likeness (QED) is 0.772. The van der Waals surface area contributed by atoms with Gasteiger partial charge in [-0.3, -0.25) is 4.79 Å². The molecule has 0 spiro atoms. The fraction of sp³-hybridized carbons (Fsp3) is 0.588. The highest BCUT2D eigenvalue weighted by molar-refractivity contribution is 5.76. The fourth-order valence-corrected chi connectivity index (χ4v) is 2.62. The molecule has 1 aromatic rings. The number of hydrogen-bond donors (Lipinski definition) is 1. The van der Waals surface area contributed by atoms with Gasteiger partial charge in [0.05, 0.1) is 5.92 Å². The van der Waals surface area contributed by atoms with Crippen molar-refractivity contribution in [2.45, 2.75) is 52.9 Å². The van der Waals surface area contributed by atoms with Crippen molar-refractivity contribution in [3.8, 4) is 0 Å². The normalized spacial score (nSPS) is 14.9. The molecule has 1 aromatic carbocycles. The lowest BCUT2D eigenvalue weighted by molar-refractivity contribution is -0.141. The maximum atomic E-state index is 11.7. The Balaban J connectivity index is 2.97. The molecule has 1 rings (SSSR count). The lowest BCUT2D eigenvalue weighted by Crippen LogP contribution is -2.31. The fourth-order valence-electron chi connectivity index (χ4n) is 2.62. The maximum Gasteiger partial charge on any atom is 0.311 e. The molecule has 0 saturated carbocycles. The minimum Gasteiger partial charge on any atom is -0.481 e. The highest BCUT2D eigenvalue weighted by Crippen LogP contribution is 2.41. The number of carboxylic acids is 1. The van der Waals surface area contributed by atoms with Crippen LogP contribution in [0.1, 0.15) is 58.4 Å². The first-order chi connectivity index (χ1) is 8.90. The van der Waals surface area contributed by atoms with E-state index in [0.29, 0.717) is 0 Å². The monoisotopic (exact) mass is 262 g/mol. The van der Waals surface area contributed by atoms with E-state index in [4.69, 9.17) is 0 Å². The van der Waals surface area contributed by atoms with Gasteiger partial charge in [0.15, 0.2) is 0 Å². The predicted molar refractivity (Wildman–Crippen MR) is 79.3 cm³/mol. The van der Waals surface area contributed by atoms with Gasteiger partial charge >= 0.3 is 5.97 Å². The topological polar surface area (TPSA) is 37.3 Å². The number of aliphatic carboxylic acids is 1. The Kier molecular flexibility index (Phi) is 5.59. The zero-order valence-corrected chi connectivity index (χ0v) is 12.5. The highest BCUT2D eigenvalue weighted by Gasteiger charge is 2.36. The van der Waals surface area contributed by atoms with Gasteiger partial charge in [0.2, 0.25) is 0 Å². The van der Waals surface area contributed by atoms with Gasteiger partial charge < -0.3 is 5.11 Å². The summed E-state index contributed by atoms with van der Waals surface area (Å²) in [5, 5.41) is 9.59. The van der Waals surface area contributed by atoms with Crippen molar-refractivity contribution in [2.75, 3.05) is 0 Å². The summed E-state index contributed by atoms with van der Waals surface area (Å²) >= 11 is 0. The number of hydrogen-bond acceptors (Lipinski definition) is 1. The van der Waals surface area contributed by atoms with Gasteiger partial charge in [-0.25, -0.2) is 0 Å². The van der Waals surface area contributed by atoms with Crippen molar-refractivity contribution < 1.29 is 9.90 Å². The van der Waals surface area contributed by atoms with Crippen molar-refractivity contribution >= 4 is 5.97 Å². The number of rotatable bonds is 7. The van der Waals surface area contributed by atoms with Crippen molar-refractivity contribution in [2.24, 2.45) is 11.3 Å². The van der Waals surface area contributed by atoms with E-state index in [-0.39, 0.29) is 11.3 Å². The van der Waals surface area contributed by atoms with Crippen molar-refractivity contribution in [3.63, 3.8) is 0 Å². The standard InChI is InChI=1S/C17H26O2/c1-5-6-12-17(3,4)13(2)15(16(18)19)14-10-8-7-9-11-14/h7-11,13,15H,5-6,12H2,1-4H3,(H,18,19). The second kappa shape index (κ2) is 6.74. The van der Waals surface area contributed by atoms with E-state index in [1.807, 2.05) is 30.3 Å². The third-order valence-corrected chi connectivity index (χ3v) is 4.33. The van der Waals surface area contributed by atoms with E-state index in [2.05, 4.69) is 27.7 Å². The molecular formula is C17H26O2. The summed E-state index contributed by atoms with van der Waals surface area (Å²) < 4.78 is 0. The summed E-state index contributed by atoms with van der Waals surface area (Å²) in [6.45, 7) is 8.62. The van der Waals surface area contributed by atoms with Gasteiger partial charge in [0.25, 0.3) is 0 Å². The van der Waals surface area contributed by atoms with Gasteiger partial charge in [0, 0.05) is 0 Å². The average molecular weight is 262 g/mol. The Labute approximate surface area is 116 Å². The Bertz CT molecular complexity index is 395. The molecule has 0 aliphatic rings. The molecule has 2 unspecified atom stereocenters. The van der Waals surface area contributed by atoms with E-state index in [0.717, 1.165) is 24.8 Å².